The number of aromatic amines is 1. The fraction of sp³-hybridized carbons (Fsp3) is 0.385. The zero-order valence-electron chi connectivity index (χ0n) is 33.3. The maximum Gasteiger partial charge on any atom is 0.405 e. The summed E-state index contributed by atoms with van der Waals surface area (Å²) < 4.78 is 6.63. The van der Waals surface area contributed by atoms with Crippen LogP contribution in [0, 0.1) is 0 Å². The molecule has 0 radical (unpaired) electrons. The Balaban J connectivity index is 1.60. The number of ether oxygens (including phenoxy) is 1. The van der Waals surface area contributed by atoms with Gasteiger partial charge in [-0.1, -0.05) is 42.5 Å². The highest BCUT2D eigenvalue weighted by molar-refractivity contribution is 7.98. The van der Waals surface area contributed by atoms with Crippen molar-refractivity contribution in [3.05, 3.63) is 111 Å². The minimum atomic E-state index is -1.63. The smallest absolute Gasteiger partial charge is 0.405 e. The molecule has 22 heteroatoms. The third-order valence-corrected chi connectivity index (χ3v) is 10.2. The number of aromatic hydroxyl groups is 1. The van der Waals surface area contributed by atoms with Crippen molar-refractivity contribution in [1.82, 2.24) is 41.0 Å². The fourth-order valence-corrected chi connectivity index (χ4v) is 6.77. The summed E-state index contributed by atoms with van der Waals surface area (Å²) in [6.45, 7) is 1.40. The van der Waals surface area contributed by atoms with Crippen LogP contribution in [0.2, 0.25) is 0 Å². The highest BCUT2D eigenvalue weighted by Crippen LogP contribution is 2.30. The summed E-state index contributed by atoms with van der Waals surface area (Å²) >= 11 is 1.34. The second kappa shape index (κ2) is 22.0. The minimum Gasteiger partial charge on any atom is -0.508 e. The Bertz CT molecular complexity index is 2200. The minimum absolute atomic E-state index is 0.0115. The number of nitrogens with one attached hydrogen (secondary N) is 6. The van der Waals surface area contributed by atoms with Gasteiger partial charge in [0.25, 0.3) is 5.56 Å². The number of hydrogen-bond acceptors (Lipinski definition) is 12. The Labute approximate surface area is 352 Å². The molecule has 21 nitrogen and oxygen atoms in total. The summed E-state index contributed by atoms with van der Waals surface area (Å²) in [6, 6.07) is 7.42. The molecule has 6 amide bonds. The normalized spacial score (nSPS) is 17.7. The average molecular weight is 869 g/mol. The molecule has 3 unspecified atom stereocenters. The van der Waals surface area contributed by atoms with Crippen molar-refractivity contribution in [2.75, 3.05) is 19.1 Å². The van der Waals surface area contributed by atoms with Gasteiger partial charge >= 0.3 is 23.8 Å². The molecule has 328 valence electrons. The molecule has 3 aromatic rings. The SMILES string of the molecule is CSCCC(NC(=O)NC(Cc1ccccc1)C(=O)O)C(=O)NC(C(=O)N/C=C1/C[C@@H](O)[C@H](n2ccc(=O)[nH]c2=O)O1)[C@H](C)N(C)C(=O)[C@@H](Cc1cccc(O)c1)NC(=O)O. The number of amides is 6. The lowest BCUT2D eigenvalue weighted by molar-refractivity contribution is -0.139. The summed E-state index contributed by atoms with van der Waals surface area (Å²) in [5.74, 6) is -3.79. The predicted octanol–water partition coefficient (Wildman–Crippen LogP) is -0.193. The molecule has 2 aromatic carbocycles. The zero-order valence-corrected chi connectivity index (χ0v) is 34.1. The number of carboxylic acids is 1. The molecule has 1 aliphatic heterocycles. The van der Waals surface area contributed by atoms with Gasteiger partial charge < -0.3 is 56.6 Å². The van der Waals surface area contributed by atoms with Crippen LogP contribution in [-0.4, -0.2) is 126 Å². The number of carboxylic acid groups (broad SMARTS) is 2. The van der Waals surface area contributed by atoms with Crippen molar-refractivity contribution >= 4 is 47.6 Å². The van der Waals surface area contributed by atoms with Crippen molar-refractivity contribution in [3.63, 3.8) is 0 Å². The number of hydrogen-bond donors (Lipinski definition) is 10. The van der Waals surface area contributed by atoms with Gasteiger partial charge in [-0.3, -0.25) is 28.7 Å². The average Bonchev–Trinajstić information content (AvgIpc) is 3.58. The molecular formula is C39H48N8O13S. The summed E-state index contributed by atoms with van der Waals surface area (Å²) in [6.07, 6.45) is -0.614. The van der Waals surface area contributed by atoms with E-state index in [-0.39, 0.29) is 37.2 Å². The van der Waals surface area contributed by atoms with E-state index >= 15 is 0 Å². The number of aliphatic carboxylic acids is 1. The van der Waals surface area contributed by atoms with E-state index in [0.29, 0.717) is 16.9 Å². The van der Waals surface area contributed by atoms with Crippen LogP contribution in [0.25, 0.3) is 0 Å². The van der Waals surface area contributed by atoms with Crippen molar-refractivity contribution in [1.29, 1.82) is 0 Å². The van der Waals surface area contributed by atoms with Crippen molar-refractivity contribution in [2.45, 2.75) is 75.1 Å². The van der Waals surface area contributed by atoms with Gasteiger partial charge in [0, 0.05) is 44.8 Å². The molecule has 61 heavy (non-hydrogen) atoms. The lowest BCUT2D eigenvalue weighted by atomic mass is 10.0. The van der Waals surface area contributed by atoms with Crippen LogP contribution in [0.1, 0.15) is 37.1 Å². The van der Waals surface area contributed by atoms with Gasteiger partial charge in [-0.25, -0.2) is 19.2 Å². The number of phenolic OH excluding ortho intramolecular Hbond substituents is 1. The van der Waals surface area contributed by atoms with Crippen molar-refractivity contribution < 1.29 is 53.9 Å². The van der Waals surface area contributed by atoms with Crippen LogP contribution in [0.5, 0.6) is 5.75 Å². The van der Waals surface area contributed by atoms with Crippen LogP contribution in [0.15, 0.2) is 88.4 Å². The summed E-state index contributed by atoms with van der Waals surface area (Å²) in [5.41, 5.74) is -0.507. The Morgan fingerprint density at radius 3 is 2.23 bits per heavy atom. The number of aromatic nitrogens is 2. The van der Waals surface area contributed by atoms with E-state index in [9.17, 15) is 58.8 Å². The molecule has 7 atom stereocenters. The highest BCUT2D eigenvalue weighted by Gasteiger charge is 2.38. The maximum absolute atomic E-state index is 14.0. The quantitative estimate of drug-likeness (QED) is 0.0747. The number of benzene rings is 2. The molecule has 4 rings (SSSR count). The van der Waals surface area contributed by atoms with Crippen molar-refractivity contribution in [3.8, 4) is 5.75 Å². The van der Waals surface area contributed by atoms with E-state index in [1.807, 2.05) is 0 Å². The van der Waals surface area contributed by atoms with Gasteiger partial charge in [0.2, 0.25) is 23.9 Å². The second-order valence-electron chi connectivity index (χ2n) is 14.0. The molecule has 0 spiro atoms. The van der Waals surface area contributed by atoms with E-state index in [1.54, 1.807) is 42.7 Å². The topological polar surface area (TPSA) is 311 Å². The molecule has 0 bridgehead atoms. The number of phenols is 1. The Morgan fingerprint density at radius 1 is 0.918 bits per heavy atom. The van der Waals surface area contributed by atoms with Crippen LogP contribution in [-0.2, 0) is 36.8 Å². The Morgan fingerprint density at radius 2 is 1.59 bits per heavy atom. The first-order chi connectivity index (χ1) is 29.0. The molecule has 10 N–H and O–H groups in total. The predicted molar refractivity (Wildman–Crippen MR) is 219 cm³/mol. The number of H-pyrrole nitrogens is 1. The molecule has 1 aliphatic rings. The first-order valence-corrected chi connectivity index (χ1v) is 20.2. The lowest BCUT2D eigenvalue weighted by Gasteiger charge is -2.34. The van der Waals surface area contributed by atoms with Crippen LogP contribution < -0.4 is 37.8 Å². The maximum atomic E-state index is 14.0. The van der Waals surface area contributed by atoms with E-state index in [4.69, 9.17) is 4.74 Å². The Kier molecular flexibility index (Phi) is 16.9. The number of rotatable bonds is 19. The van der Waals surface area contributed by atoms with Gasteiger partial charge in [0.05, 0.1) is 6.04 Å². The van der Waals surface area contributed by atoms with Crippen LogP contribution in [0.4, 0.5) is 9.59 Å². The number of carbonyl (C=O) groups is 6. The number of aliphatic hydroxyl groups is 1. The Hall–Kier alpha value is -6.81. The highest BCUT2D eigenvalue weighted by atomic mass is 32.2. The largest absolute Gasteiger partial charge is 0.508 e. The first kappa shape index (κ1) is 46.9. The molecule has 0 saturated carbocycles. The van der Waals surface area contributed by atoms with Gasteiger partial charge in [-0.05, 0) is 48.6 Å². The monoisotopic (exact) mass is 868 g/mol. The number of carbonyl (C=O) groups excluding carboxylic acids is 4. The third-order valence-electron chi connectivity index (χ3n) is 9.60. The van der Waals surface area contributed by atoms with E-state index in [1.165, 1.54) is 43.9 Å². The molecule has 0 aliphatic carbocycles. The number of thioether (sulfide) groups is 1. The van der Waals surface area contributed by atoms with Crippen LogP contribution >= 0.6 is 11.8 Å². The number of likely N-dealkylation sites (N-methyl/N-ethyl adjacent to an activating group) is 1. The van der Waals surface area contributed by atoms with Gasteiger partial charge in [-0.15, -0.1) is 0 Å². The van der Waals surface area contributed by atoms with Gasteiger partial charge in [-0.2, -0.15) is 11.8 Å². The number of urea groups is 1. The first-order valence-electron chi connectivity index (χ1n) is 18.8. The van der Waals surface area contributed by atoms with Crippen LogP contribution in [0.3, 0.4) is 0 Å². The zero-order chi connectivity index (χ0) is 44.8. The standard InChI is InChI=1S/C39H48N8O13S/c1-21(46(2)34(53)27(43-39(58)59)18-23-10-7-11-24(48)16-23)31(33(52)40-20-25-19-29(49)35(60-25)47-14-12-30(50)44-38(47)57)45-32(51)26(13-15-61-3)41-37(56)42-28(36(54)55)17-22-8-5-4-6-9-22/h4-12,14,16,20-21,26-29,31,35,43,48-49H,13,15,17-19H2,1-3H3,(H,40,52)(H,45,51)(H,54,55)(H,58,59)(H2,41,42,56)(H,44,50,57)/b25-20-/t21-,26?,27+,28?,29+,31?,35+/m0/s1. The van der Waals surface area contributed by atoms with E-state index in [0.717, 1.165) is 27.9 Å². The van der Waals surface area contributed by atoms with E-state index < -0.39 is 89.6 Å². The summed E-state index contributed by atoms with van der Waals surface area (Å²) in [5, 5.41) is 52.0. The molecular weight excluding hydrogens is 821 g/mol. The summed E-state index contributed by atoms with van der Waals surface area (Å²) in [4.78, 5) is 106. The molecule has 2 heterocycles. The fourth-order valence-electron chi connectivity index (χ4n) is 6.30. The third kappa shape index (κ3) is 13.6. The number of nitrogens with zero attached hydrogens (tertiary/aromatic N) is 2. The molecule has 1 fully saturated rings. The van der Waals surface area contributed by atoms with Gasteiger partial charge in [0.15, 0.2) is 0 Å². The van der Waals surface area contributed by atoms with E-state index in [2.05, 4.69) is 31.6 Å². The second-order valence-corrected chi connectivity index (χ2v) is 15.0. The number of aliphatic hydroxyl groups excluding tert-OH is 1. The molecule has 1 aromatic heterocycles. The molecule has 1 saturated heterocycles. The summed E-state index contributed by atoms with van der Waals surface area (Å²) in [7, 11) is 1.27. The lowest BCUT2D eigenvalue weighted by Crippen LogP contribution is -2.62. The van der Waals surface area contributed by atoms with Crippen molar-refractivity contribution in [2.24, 2.45) is 0 Å². The van der Waals surface area contributed by atoms with Gasteiger partial charge in [0.1, 0.15) is 41.8 Å².